The van der Waals surface area contributed by atoms with Gasteiger partial charge in [0.25, 0.3) is 0 Å². The van der Waals surface area contributed by atoms with Crippen LogP contribution in [0, 0.1) is 0 Å². The summed E-state index contributed by atoms with van der Waals surface area (Å²) in [6, 6.07) is 59.1. The summed E-state index contributed by atoms with van der Waals surface area (Å²) in [5, 5.41) is 7.87. The fourth-order valence-electron chi connectivity index (χ4n) is 7.96. The summed E-state index contributed by atoms with van der Waals surface area (Å²) in [7, 11) is 0. The van der Waals surface area contributed by atoms with Crippen LogP contribution in [0.5, 0.6) is 0 Å². The first-order chi connectivity index (χ1) is 28.2. The van der Waals surface area contributed by atoms with E-state index in [1.54, 1.807) is 11.3 Å². The average molecular weight is 765 g/mol. The van der Waals surface area contributed by atoms with E-state index in [1.807, 2.05) is 84.1 Å². The van der Waals surface area contributed by atoms with Crippen LogP contribution in [0.15, 0.2) is 174 Å². The van der Waals surface area contributed by atoms with Gasteiger partial charge in [-0.2, -0.15) is 0 Å². The van der Waals surface area contributed by atoms with E-state index in [1.165, 1.54) is 20.2 Å². The molecular weight excluding hydrogens is 737 g/mol. The van der Waals surface area contributed by atoms with E-state index < -0.39 is 0 Å². The van der Waals surface area contributed by atoms with E-state index in [2.05, 4.69) is 97.1 Å². The minimum Gasteiger partial charge on any atom is -0.455 e. The Labute approximate surface area is 334 Å². The molecule has 12 aromatic rings. The van der Waals surface area contributed by atoms with Crippen LogP contribution in [0.4, 0.5) is 0 Å². The fourth-order valence-corrected chi connectivity index (χ4v) is 10.1. The maximum atomic E-state index is 6.71. The number of aromatic nitrogens is 4. The van der Waals surface area contributed by atoms with Crippen molar-refractivity contribution < 1.29 is 4.42 Å². The summed E-state index contributed by atoms with van der Waals surface area (Å²) in [5.41, 5.74) is 8.69. The van der Waals surface area contributed by atoms with Crippen molar-refractivity contribution in [2.24, 2.45) is 0 Å². The number of hydrogen-bond acceptors (Lipinski definition) is 7. The molecule has 266 valence electrons. The van der Waals surface area contributed by atoms with Crippen LogP contribution in [0.2, 0.25) is 0 Å². The Bertz CT molecular complexity index is 3470. The Morgan fingerprint density at radius 3 is 1.77 bits per heavy atom. The second-order valence-electron chi connectivity index (χ2n) is 14.2. The highest BCUT2D eigenvalue weighted by atomic mass is 32.1. The summed E-state index contributed by atoms with van der Waals surface area (Å²) in [6.45, 7) is 0. The zero-order chi connectivity index (χ0) is 37.5. The highest BCUT2D eigenvalue weighted by Crippen LogP contribution is 2.45. The summed E-state index contributed by atoms with van der Waals surface area (Å²) in [4.78, 5) is 20.2. The van der Waals surface area contributed by atoms with Crippen molar-refractivity contribution >= 4 is 85.8 Å². The van der Waals surface area contributed by atoms with E-state index in [0.717, 1.165) is 81.3 Å². The van der Waals surface area contributed by atoms with Gasteiger partial charge in [0.05, 0.1) is 15.6 Å². The molecule has 0 radical (unpaired) electrons. The number of thiazole rings is 1. The lowest BCUT2D eigenvalue weighted by atomic mass is 9.97. The largest absolute Gasteiger partial charge is 0.455 e. The van der Waals surface area contributed by atoms with E-state index in [9.17, 15) is 0 Å². The van der Waals surface area contributed by atoms with E-state index >= 15 is 0 Å². The number of benzene rings is 8. The first-order valence-corrected chi connectivity index (χ1v) is 20.4. The highest BCUT2D eigenvalue weighted by molar-refractivity contribution is 7.26. The molecule has 0 saturated heterocycles. The molecule has 0 saturated carbocycles. The summed E-state index contributed by atoms with van der Waals surface area (Å²) < 4.78 is 10.4. The Kier molecular flexibility index (Phi) is 7.20. The number of rotatable bonds is 5. The van der Waals surface area contributed by atoms with Gasteiger partial charge in [0.1, 0.15) is 16.2 Å². The number of hydrogen-bond donors (Lipinski definition) is 0. The smallest absolute Gasteiger partial charge is 0.164 e. The Morgan fingerprint density at radius 2 is 1.00 bits per heavy atom. The standard InChI is InChI=1S/C50H28N4OS2/c1-3-11-30(12-4-1)47-52-48(31-13-5-2-6-14-31)54-49(53-47)33-22-20-29-19-21-32(25-35(29)26-33)38-28-43-45(44-37-16-7-9-17-40(37)55-46(38)44)51-50(57-43)34-23-24-42-39(27-34)36-15-8-10-18-41(36)56-42/h1-28H. The number of nitrogens with zero attached hydrogens (tertiary/aromatic N) is 4. The average Bonchev–Trinajstić information content (AvgIpc) is 3.99. The van der Waals surface area contributed by atoms with Crippen molar-refractivity contribution in [3.63, 3.8) is 0 Å². The lowest BCUT2D eigenvalue weighted by Gasteiger charge is -2.10. The summed E-state index contributed by atoms with van der Waals surface area (Å²) in [5.74, 6) is 1.91. The molecule has 7 heteroatoms. The zero-order valence-electron chi connectivity index (χ0n) is 30.2. The van der Waals surface area contributed by atoms with E-state index in [0.29, 0.717) is 17.5 Å². The van der Waals surface area contributed by atoms with E-state index in [-0.39, 0.29) is 0 Å². The Hall–Kier alpha value is -7.06. The van der Waals surface area contributed by atoms with Crippen molar-refractivity contribution in [3.05, 3.63) is 170 Å². The molecule has 5 nitrogen and oxygen atoms in total. The molecule has 0 N–H and O–H groups in total. The van der Waals surface area contributed by atoms with Gasteiger partial charge < -0.3 is 4.42 Å². The molecule has 0 aliphatic rings. The van der Waals surface area contributed by atoms with Crippen molar-refractivity contribution in [1.29, 1.82) is 0 Å². The van der Waals surface area contributed by atoms with Crippen LogP contribution in [0.25, 0.3) is 119 Å². The van der Waals surface area contributed by atoms with Crippen LogP contribution in [-0.4, -0.2) is 19.9 Å². The molecule has 0 fully saturated rings. The maximum Gasteiger partial charge on any atom is 0.164 e. The number of para-hydroxylation sites is 1. The van der Waals surface area contributed by atoms with Crippen LogP contribution in [0.1, 0.15) is 0 Å². The number of furan rings is 1. The van der Waals surface area contributed by atoms with Crippen LogP contribution >= 0.6 is 22.7 Å². The topological polar surface area (TPSA) is 64.7 Å². The first kappa shape index (κ1) is 32.2. The minimum atomic E-state index is 0.627. The van der Waals surface area contributed by atoms with Gasteiger partial charge in [-0.1, -0.05) is 127 Å². The third-order valence-corrected chi connectivity index (χ3v) is 12.9. The van der Waals surface area contributed by atoms with Crippen LogP contribution in [-0.2, 0) is 0 Å². The molecule has 0 bridgehead atoms. The number of thiophene rings is 1. The third-order valence-electron chi connectivity index (χ3n) is 10.7. The summed E-state index contributed by atoms with van der Waals surface area (Å²) >= 11 is 3.57. The quantitative estimate of drug-likeness (QED) is 0.175. The predicted octanol–water partition coefficient (Wildman–Crippen LogP) is 14.2. The van der Waals surface area contributed by atoms with Crippen molar-refractivity contribution in [3.8, 4) is 55.9 Å². The SMILES string of the molecule is c1ccc(-c2nc(-c3ccccc3)nc(-c3ccc4ccc(-c5cc6sc(-c7ccc8sc9ccccc9c8c7)nc6c6c5oc5ccccc56)cc4c3)n2)cc1. The molecule has 4 aromatic heterocycles. The minimum absolute atomic E-state index is 0.627. The van der Waals surface area contributed by atoms with Gasteiger partial charge in [0, 0.05) is 53.4 Å². The van der Waals surface area contributed by atoms with Gasteiger partial charge in [0.2, 0.25) is 0 Å². The molecule has 0 unspecified atom stereocenters. The molecule has 8 aromatic carbocycles. The van der Waals surface area contributed by atoms with Gasteiger partial charge >= 0.3 is 0 Å². The van der Waals surface area contributed by atoms with Gasteiger partial charge in [-0.3, -0.25) is 0 Å². The molecule has 0 aliphatic heterocycles. The molecule has 12 rings (SSSR count). The highest BCUT2D eigenvalue weighted by Gasteiger charge is 2.21. The monoisotopic (exact) mass is 764 g/mol. The van der Waals surface area contributed by atoms with Crippen molar-refractivity contribution in [1.82, 2.24) is 19.9 Å². The predicted molar refractivity (Wildman–Crippen MR) is 238 cm³/mol. The van der Waals surface area contributed by atoms with Crippen LogP contribution < -0.4 is 0 Å². The fraction of sp³-hybridized carbons (Fsp3) is 0. The van der Waals surface area contributed by atoms with Crippen molar-refractivity contribution in [2.45, 2.75) is 0 Å². The molecule has 0 atom stereocenters. The molecular formula is C50H28N4OS2. The molecule has 4 heterocycles. The lowest BCUT2D eigenvalue weighted by Crippen LogP contribution is -2.00. The Morgan fingerprint density at radius 1 is 0.386 bits per heavy atom. The normalized spacial score (nSPS) is 11.9. The lowest BCUT2D eigenvalue weighted by molar-refractivity contribution is 0.670. The van der Waals surface area contributed by atoms with Gasteiger partial charge in [0.15, 0.2) is 17.5 Å². The third kappa shape index (κ3) is 5.35. The second kappa shape index (κ2) is 12.7. The van der Waals surface area contributed by atoms with Gasteiger partial charge in [-0.15, -0.1) is 22.7 Å². The second-order valence-corrected chi connectivity index (χ2v) is 16.3. The molecule has 0 spiro atoms. The first-order valence-electron chi connectivity index (χ1n) is 18.8. The van der Waals surface area contributed by atoms with Crippen LogP contribution in [0.3, 0.4) is 0 Å². The Balaban J connectivity index is 1.02. The maximum absolute atomic E-state index is 6.71. The van der Waals surface area contributed by atoms with Crippen molar-refractivity contribution in [2.75, 3.05) is 0 Å². The van der Waals surface area contributed by atoms with E-state index in [4.69, 9.17) is 24.4 Å². The number of fused-ring (bicyclic) bond motifs is 9. The molecule has 0 aliphatic carbocycles. The molecule has 0 amide bonds. The van der Waals surface area contributed by atoms with Gasteiger partial charge in [-0.05, 0) is 58.8 Å². The molecule has 57 heavy (non-hydrogen) atoms. The zero-order valence-corrected chi connectivity index (χ0v) is 31.8. The van der Waals surface area contributed by atoms with Gasteiger partial charge in [-0.25, -0.2) is 19.9 Å². The summed E-state index contributed by atoms with van der Waals surface area (Å²) in [6.07, 6.45) is 0.